The van der Waals surface area contributed by atoms with E-state index in [0.29, 0.717) is 35.5 Å². The molecule has 6 heterocycles. The largest absolute Gasteiger partial charge is 0.497 e. The second-order valence-electron chi connectivity index (χ2n) is 18.7. The second-order valence-corrected chi connectivity index (χ2v) is 18.7. The van der Waals surface area contributed by atoms with Crippen molar-refractivity contribution in [2.45, 2.75) is 103 Å². The lowest BCUT2D eigenvalue weighted by molar-refractivity contribution is -0.137. The number of hydrogen-bond donors (Lipinski definition) is 0. The molecule has 4 aliphatic rings. The van der Waals surface area contributed by atoms with Gasteiger partial charge in [0, 0.05) is 25.2 Å². The van der Waals surface area contributed by atoms with E-state index in [1.165, 1.54) is 14.2 Å². The highest BCUT2D eigenvalue weighted by Gasteiger charge is 2.54. The summed E-state index contributed by atoms with van der Waals surface area (Å²) in [5.74, 6) is -2.19. The Morgan fingerprint density at radius 1 is 0.897 bits per heavy atom. The van der Waals surface area contributed by atoms with Gasteiger partial charge in [0.15, 0.2) is 5.82 Å². The number of nitrogens with zero attached hydrogens (tertiary/aromatic N) is 6. The van der Waals surface area contributed by atoms with Crippen molar-refractivity contribution >= 4 is 28.5 Å². The topological polar surface area (TPSA) is 121 Å². The Labute approximate surface area is 389 Å². The van der Waals surface area contributed by atoms with Crippen molar-refractivity contribution in [3.05, 3.63) is 88.5 Å². The monoisotopic (exact) mass is 950 g/mol. The molecular weight excluding hydrogens is 899 g/mol. The number of anilines is 2. The summed E-state index contributed by atoms with van der Waals surface area (Å²) < 4.78 is 130. The van der Waals surface area contributed by atoms with Gasteiger partial charge in [0.05, 0.1) is 69.3 Å². The Bertz CT molecular complexity index is 2650. The van der Waals surface area contributed by atoms with Gasteiger partial charge in [-0.3, -0.25) is 4.90 Å². The predicted octanol–water partition coefficient (Wildman–Crippen LogP) is 9.62. The van der Waals surface area contributed by atoms with Crippen LogP contribution in [0.4, 0.5) is 42.6 Å². The van der Waals surface area contributed by atoms with E-state index in [2.05, 4.69) is 9.97 Å². The normalized spacial score (nSPS) is 22.1. The first-order valence-corrected chi connectivity index (χ1v) is 22.4. The minimum atomic E-state index is -5.21. The third kappa shape index (κ3) is 8.84. The van der Waals surface area contributed by atoms with E-state index in [1.807, 2.05) is 4.90 Å². The van der Waals surface area contributed by atoms with Gasteiger partial charge in [-0.15, -0.1) is 0 Å². The first-order chi connectivity index (χ1) is 32.3. The Morgan fingerprint density at radius 3 is 2.12 bits per heavy atom. The number of fused-ring (bicyclic) bond motifs is 5. The predicted molar refractivity (Wildman–Crippen MR) is 239 cm³/mol. The standard InChI is InChI=1S/C49H52F6N6O7/c1-25-38(49(53,54)55)33(18-36(39(25)51)59(19-27-8-13-31(63-6)14-9-27)20-28-10-15-32(64-7)16-11-28)41-40(52)42-37-44(58-46(57-42)66-23-29-22-65-24-34(29)50)60-21-30-12-17-35(43(60)26(2)67-45(37)56-41)61(30)47(62)68-48(3,4)5/h8-11,13-16,18,26,29-30,34-35,43H,12,17,19-24H2,1-7H3/t26-,29?,30+,34?,35-,43+/m0/s1. The minimum absolute atomic E-state index is 0.0133. The molecule has 68 heavy (non-hydrogen) atoms. The van der Waals surface area contributed by atoms with Gasteiger partial charge in [-0.05, 0) is 94.5 Å². The van der Waals surface area contributed by atoms with E-state index in [0.717, 1.165) is 13.0 Å². The maximum Gasteiger partial charge on any atom is 0.417 e. The van der Waals surface area contributed by atoms with Crippen LogP contribution in [0.15, 0.2) is 54.6 Å². The second kappa shape index (κ2) is 18.0. The maximum atomic E-state index is 17.8. The SMILES string of the molecule is COc1ccc(CN(Cc2ccc(OC)cc2)c2cc(-c3nc4c5c(nc(OCC6COCC6F)nc5c3F)N3C[C@H]5CC[C@@H]([C@H]3[C@H](C)O4)N5C(=O)OC(C)(C)C)c(C(F)(F)F)c(C)c2F)cc1. The zero-order valence-corrected chi connectivity index (χ0v) is 38.6. The molecule has 9 rings (SSSR count). The molecule has 4 aliphatic heterocycles. The van der Waals surface area contributed by atoms with E-state index >= 15 is 22.0 Å². The molecule has 2 unspecified atom stereocenters. The molecule has 5 aromatic rings. The van der Waals surface area contributed by atoms with Crippen molar-refractivity contribution in [3.63, 3.8) is 0 Å². The van der Waals surface area contributed by atoms with Crippen LogP contribution >= 0.6 is 0 Å². The Balaban J connectivity index is 1.22. The molecule has 362 valence electrons. The Kier molecular flexibility index (Phi) is 12.4. The highest BCUT2D eigenvalue weighted by atomic mass is 19.4. The maximum absolute atomic E-state index is 17.8. The van der Waals surface area contributed by atoms with Gasteiger partial charge < -0.3 is 38.2 Å². The highest BCUT2D eigenvalue weighted by molar-refractivity contribution is 5.98. The van der Waals surface area contributed by atoms with Gasteiger partial charge in [0.2, 0.25) is 5.88 Å². The van der Waals surface area contributed by atoms with Gasteiger partial charge in [0.1, 0.15) is 57.6 Å². The molecule has 3 saturated heterocycles. The lowest BCUT2D eigenvalue weighted by Gasteiger charge is -2.48. The molecule has 2 aromatic heterocycles. The Morgan fingerprint density at radius 2 is 1.54 bits per heavy atom. The number of amides is 1. The summed E-state index contributed by atoms with van der Waals surface area (Å²) in [7, 11) is 3.02. The van der Waals surface area contributed by atoms with Crippen molar-refractivity contribution in [3.8, 4) is 34.6 Å². The molecule has 19 heteroatoms. The van der Waals surface area contributed by atoms with Gasteiger partial charge in [-0.2, -0.15) is 23.1 Å². The number of rotatable bonds is 11. The smallest absolute Gasteiger partial charge is 0.417 e. The lowest BCUT2D eigenvalue weighted by atomic mass is 9.95. The number of hydrogen-bond acceptors (Lipinski definition) is 12. The lowest BCUT2D eigenvalue weighted by Crippen LogP contribution is -2.65. The quantitative estimate of drug-likeness (QED) is 0.117. The molecule has 0 spiro atoms. The van der Waals surface area contributed by atoms with Crippen LogP contribution in [0.1, 0.15) is 62.8 Å². The van der Waals surface area contributed by atoms with Crippen LogP contribution in [-0.4, -0.2) is 103 Å². The fourth-order valence-corrected chi connectivity index (χ4v) is 9.86. The number of methoxy groups -OCH3 is 2. The van der Waals surface area contributed by atoms with Crippen LogP contribution in [0.25, 0.3) is 22.2 Å². The van der Waals surface area contributed by atoms with Crippen LogP contribution in [0, 0.1) is 24.5 Å². The van der Waals surface area contributed by atoms with Gasteiger partial charge >= 0.3 is 18.3 Å². The zero-order valence-electron chi connectivity index (χ0n) is 38.6. The van der Waals surface area contributed by atoms with Crippen molar-refractivity contribution < 1.29 is 59.6 Å². The van der Waals surface area contributed by atoms with E-state index in [1.54, 1.807) is 86.0 Å². The highest BCUT2D eigenvalue weighted by Crippen LogP contribution is 2.49. The van der Waals surface area contributed by atoms with Crippen LogP contribution < -0.4 is 28.7 Å². The number of alkyl halides is 4. The average molecular weight is 951 g/mol. The van der Waals surface area contributed by atoms with Crippen molar-refractivity contribution in [1.82, 2.24) is 19.9 Å². The van der Waals surface area contributed by atoms with Gasteiger partial charge in [-0.25, -0.2) is 22.9 Å². The molecule has 3 fully saturated rings. The summed E-state index contributed by atoms with van der Waals surface area (Å²) in [4.78, 5) is 32.6. The van der Waals surface area contributed by atoms with E-state index in [-0.39, 0.29) is 74.3 Å². The number of halogens is 6. The van der Waals surface area contributed by atoms with Crippen LogP contribution in [0.5, 0.6) is 23.4 Å². The van der Waals surface area contributed by atoms with Crippen LogP contribution in [0.3, 0.4) is 0 Å². The summed E-state index contributed by atoms with van der Waals surface area (Å²) in [6.45, 7) is 7.94. The van der Waals surface area contributed by atoms with E-state index < -0.39 is 87.7 Å². The summed E-state index contributed by atoms with van der Waals surface area (Å²) in [5, 5.41) is -0.0427. The van der Waals surface area contributed by atoms with Crippen LogP contribution in [0.2, 0.25) is 0 Å². The molecule has 1 amide bonds. The van der Waals surface area contributed by atoms with Gasteiger partial charge in [0.25, 0.3) is 0 Å². The van der Waals surface area contributed by atoms with Crippen molar-refractivity contribution in [2.75, 3.05) is 50.4 Å². The molecule has 0 saturated carbocycles. The minimum Gasteiger partial charge on any atom is -0.497 e. The molecule has 3 aromatic carbocycles. The zero-order chi connectivity index (χ0) is 48.4. The number of pyridine rings is 1. The van der Waals surface area contributed by atoms with Crippen LogP contribution in [-0.2, 0) is 28.7 Å². The molecular formula is C49H52F6N6O7. The Hall–Kier alpha value is -6.24. The molecule has 0 radical (unpaired) electrons. The summed E-state index contributed by atoms with van der Waals surface area (Å²) in [5.41, 5.74) is -4.01. The molecule has 0 aliphatic carbocycles. The average Bonchev–Trinajstić information content (AvgIpc) is 3.82. The number of aromatic nitrogens is 3. The fourth-order valence-electron chi connectivity index (χ4n) is 9.86. The van der Waals surface area contributed by atoms with Crippen molar-refractivity contribution in [2.24, 2.45) is 5.92 Å². The third-order valence-electron chi connectivity index (χ3n) is 13.0. The first-order valence-electron chi connectivity index (χ1n) is 22.4. The van der Waals surface area contributed by atoms with Crippen molar-refractivity contribution in [1.29, 1.82) is 0 Å². The number of benzene rings is 3. The van der Waals surface area contributed by atoms with E-state index in [4.69, 9.17) is 33.4 Å². The molecule has 6 atom stereocenters. The summed E-state index contributed by atoms with van der Waals surface area (Å²) >= 11 is 0. The molecule has 2 bridgehead atoms. The third-order valence-corrected chi connectivity index (χ3v) is 13.0. The fraction of sp³-hybridized carbons (Fsp3) is 0.469. The summed E-state index contributed by atoms with van der Waals surface area (Å²) in [6, 6.07) is 13.0. The number of ether oxygens (including phenoxy) is 6. The molecule has 13 nitrogen and oxygen atoms in total. The first kappa shape index (κ1) is 46.9. The van der Waals surface area contributed by atoms with Gasteiger partial charge in [-0.1, -0.05) is 24.3 Å². The number of carbonyl (C=O) groups is 1. The number of piperazine rings is 1. The number of carbonyl (C=O) groups excluding carboxylic acids is 1. The van der Waals surface area contributed by atoms with E-state index in [9.17, 15) is 9.18 Å². The molecule has 0 N–H and O–H groups in total. The summed E-state index contributed by atoms with van der Waals surface area (Å²) in [6.07, 6.45) is -6.73.